The Bertz CT molecular complexity index is 1110. The molecule has 2 aromatic heterocycles. The van der Waals surface area contributed by atoms with Crippen LogP contribution in [0.25, 0.3) is 10.9 Å². The number of hydrogen-bond acceptors (Lipinski definition) is 4. The maximum atomic E-state index is 12.3. The van der Waals surface area contributed by atoms with Crippen LogP contribution in [0.4, 0.5) is 5.95 Å². The van der Waals surface area contributed by atoms with Gasteiger partial charge in [0, 0.05) is 11.2 Å². The fraction of sp³-hybridized carbons (Fsp3) is 0.0500. The number of aromatic amines is 1. The van der Waals surface area contributed by atoms with Crippen LogP contribution in [0.1, 0.15) is 17.3 Å². The molecule has 0 fully saturated rings. The first-order valence-electron chi connectivity index (χ1n) is 8.13. The first-order chi connectivity index (χ1) is 12.7. The van der Waals surface area contributed by atoms with Gasteiger partial charge < -0.3 is 5.32 Å². The lowest BCUT2D eigenvalue weighted by Crippen LogP contribution is -2.19. The summed E-state index contributed by atoms with van der Waals surface area (Å²) in [4.78, 5) is 24.1. The van der Waals surface area contributed by atoms with Gasteiger partial charge in [0.2, 0.25) is 5.95 Å². The number of fused-ring (bicyclic) bond motifs is 1. The van der Waals surface area contributed by atoms with Crippen molar-refractivity contribution < 1.29 is 0 Å². The fourth-order valence-electron chi connectivity index (χ4n) is 2.85. The number of nitrogens with zero attached hydrogens (tertiary/aromatic N) is 2. The molecule has 26 heavy (non-hydrogen) atoms. The molecule has 128 valence electrons. The largest absolute Gasteiger partial charge is 0.343 e. The van der Waals surface area contributed by atoms with Crippen LogP contribution in [0.2, 0.25) is 5.02 Å². The van der Waals surface area contributed by atoms with E-state index < -0.39 is 0 Å². The van der Waals surface area contributed by atoms with Crippen LogP contribution < -0.4 is 10.9 Å². The van der Waals surface area contributed by atoms with Crippen molar-refractivity contribution in [2.75, 3.05) is 5.32 Å². The number of benzene rings is 2. The quantitative estimate of drug-likeness (QED) is 0.571. The Morgan fingerprint density at radius 1 is 1.00 bits per heavy atom. The molecule has 2 aromatic carbocycles. The molecule has 0 amide bonds. The zero-order valence-corrected chi connectivity index (χ0v) is 14.4. The number of H-pyrrole nitrogens is 1. The first kappa shape index (κ1) is 16.3. The summed E-state index contributed by atoms with van der Waals surface area (Å²) in [6.45, 7) is 0. The molecular weight excluding hydrogens is 348 g/mol. The van der Waals surface area contributed by atoms with Crippen LogP contribution in [0.5, 0.6) is 0 Å². The van der Waals surface area contributed by atoms with Crippen LogP contribution in [0, 0.1) is 0 Å². The van der Waals surface area contributed by atoms with Crippen LogP contribution in [0.3, 0.4) is 0 Å². The number of aromatic nitrogens is 3. The van der Waals surface area contributed by atoms with E-state index in [-0.39, 0.29) is 11.6 Å². The van der Waals surface area contributed by atoms with Crippen molar-refractivity contribution in [2.24, 2.45) is 0 Å². The summed E-state index contributed by atoms with van der Waals surface area (Å²) in [5, 5.41) is 4.46. The average molecular weight is 363 g/mol. The Balaban J connectivity index is 1.79. The van der Waals surface area contributed by atoms with Crippen LogP contribution >= 0.6 is 11.6 Å². The molecule has 6 heteroatoms. The van der Waals surface area contributed by atoms with E-state index in [0.29, 0.717) is 21.9 Å². The van der Waals surface area contributed by atoms with Gasteiger partial charge in [-0.1, -0.05) is 41.9 Å². The zero-order valence-electron chi connectivity index (χ0n) is 13.7. The van der Waals surface area contributed by atoms with Gasteiger partial charge in [0.1, 0.15) is 0 Å². The van der Waals surface area contributed by atoms with Crippen LogP contribution in [-0.4, -0.2) is 15.0 Å². The predicted molar refractivity (Wildman–Crippen MR) is 104 cm³/mol. The highest BCUT2D eigenvalue weighted by Gasteiger charge is 2.17. The van der Waals surface area contributed by atoms with E-state index in [0.717, 1.165) is 11.3 Å². The Hall–Kier alpha value is -3.18. The second-order valence-corrected chi connectivity index (χ2v) is 6.26. The lowest BCUT2D eigenvalue weighted by molar-refractivity contribution is 0.866. The van der Waals surface area contributed by atoms with E-state index in [1.165, 1.54) is 0 Å². The van der Waals surface area contributed by atoms with Gasteiger partial charge in [-0.15, -0.1) is 0 Å². The molecule has 0 aliphatic rings. The maximum Gasteiger partial charge on any atom is 0.260 e. The van der Waals surface area contributed by atoms with E-state index in [1.54, 1.807) is 12.3 Å². The number of pyridine rings is 1. The molecule has 0 saturated carbocycles. The highest BCUT2D eigenvalue weighted by molar-refractivity contribution is 6.30. The van der Waals surface area contributed by atoms with Gasteiger partial charge in [-0.3, -0.25) is 14.8 Å². The molecule has 0 saturated heterocycles. The lowest BCUT2D eigenvalue weighted by Gasteiger charge is -2.19. The molecule has 0 bridgehead atoms. The van der Waals surface area contributed by atoms with Crippen molar-refractivity contribution in [3.8, 4) is 0 Å². The van der Waals surface area contributed by atoms with Gasteiger partial charge in [0.15, 0.2) is 0 Å². The Morgan fingerprint density at radius 3 is 2.65 bits per heavy atom. The third-order valence-electron chi connectivity index (χ3n) is 4.06. The number of halogens is 1. The Morgan fingerprint density at radius 2 is 1.85 bits per heavy atom. The second-order valence-electron chi connectivity index (χ2n) is 5.82. The summed E-state index contributed by atoms with van der Waals surface area (Å²) in [5.74, 6) is 0.379. The van der Waals surface area contributed by atoms with E-state index in [4.69, 9.17) is 11.6 Å². The minimum Gasteiger partial charge on any atom is -0.343 e. The van der Waals surface area contributed by atoms with E-state index in [1.807, 2.05) is 60.7 Å². The van der Waals surface area contributed by atoms with E-state index in [2.05, 4.69) is 20.3 Å². The molecular formula is C20H15ClN4O. The topological polar surface area (TPSA) is 70.7 Å². The number of anilines is 1. The minimum atomic E-state index is -0.306. The highest BCUT2D eigenvalue weighted by Crippen LogP contribution is 2.26. The fourth-order valence-corrected chi connectivity index (χ4v) is 3.05. The van der Waals surface area contributed by atoms with Crippen molar-refractivity contribution >= 4 is 28.5 Å². The van der Waals surface area contributed by atoms with E-state index in [9.17, 15) is 4.79 Å². The predicted octanol–water partition coefficient (Wildman–Crippen LogP) is 4.17. The standard InChI is InChI=1S/C20H15ClN4O/c21-14-7-5-6-13(12-14)18(17-10-3-4-11-22-17)24-20-23-16-9-2-1-8-15(16)19(26)25-20/h1-12,18H,(H2,23,24,25,26). The number of rotatable bonds is 4. The number of hydrogen-bond donors (Lipinski definition) is 2. The monoisotopic (exact) mass is 362 g/mol. The van der Waals surface area contributed by atoms with Gasteiger partial charge in [-0.25, -0.2) is 4.98 Å². The SMILES string of the molecule is O=c1[nH]c(NC(c2cccc(Cl)c2)c2ccccn2)nc2ccccc12. The third kappa shape index (κ3) is 3.30. The summed E-state index contributed by atoms with van der Waals surface area (Å²) in [6.07, 6.45) is 1.73. The van der Waals surface area contributed by atoms with Gasteiger partial charge >= 0.3 is 0 Å². The Kier molecular flexibility index (Phi) is 4.37. The van der Waals surface area contributed by atoms with Crippen LogP contribution in [0.15, 0.2) is 77.7 Å². The molecule has 4 rings (SSSR count). The molecule has 0 aliphatic heterocycles. The smallest absolute Gasteiger partial charge is 0.260 e. The maximum absolute atomic E-state index is 12.3. The van der Waals surface area contributed by atoms with E-state index >= 15 is 0 Å². The molecule has 2 N–H and O–H groups in total. The second kappa shape index (κ2) is 6.98. The van der Waals surface area contributed by atoms with Gasteiger partial charge in [-0.2, -0.15) is 0 Å². The van der Waals surface area contributed by atoms with Crippen molar-refractivity contribution in [2.45, 2.75) is 6.04 Å². The van der Waals surface area contributed by atoms with Crippen molar-refractivity contribution in [3.05, 3.63) is 99.6 Å². The van der Waals surface area contributed by atoms with Crippen LogP contribution in [-0.2, 0) is 0 Å². The molecule has 0 aliphatic carbocycles. The molecule has 1 atom stereocenters. The summed E-state index contributed by atoms with van der Waals surface area (Å²) < 4.78 is 0. The van der Waals surface area contributed by atoms with Gasteiger partial charge in [0.25, 0.3) is 5.56 Å². The molecule has 0 radical (unpaired) electrons. The van der Waals surface area contributed by atoms with Crippen molar-refractivity contribution in [3.63, 3.8) is 0 Å². The summed E-state index contributed by atoms with van der Waals surface area (Å²) in [6, 6.07) is 20.1. The van der Waals surface area contributed by atoms with Gasteiger partial charge in [0.05, 0.1) is 22.6 Å². The zero-order chi connectivity index (χ0) is 17.9. The number of nitrogens with one attached hydrogen (secondary N) is 2. The average Bonchev–Trinajstić information content (AvgIpc) is 2.67. The molecule has 0 spiro atoms. The van der Waals surface area contributed by atoms with Crippen molar-refractivity contribution in [1.82, 2.24) is 15.0 Å². The molecule has 4 aromatic rings. The normalized spacial score (nSPS) is 12.0. The highest BCUT2D eigenvalue weighted by atomic mass is 35.5. The summed E-state index contributed by atoms with van der Waals surface area (Å²) in [5.41, 5.74) is 2.16. The molecule has 2 heterocycles. The third-order valence-corrected chi connectivity index (χ3v) is 4.29. The summed E-state index contributed by atoms with van der Waals surface area (Å²) in [7, 11) is 0. The number of para-hydroxylation sites is 1. The van der Waals surface area contributed by atoms with Crippen molar-refractivity contribution in [1.29, 1.82) is 0 Å². The Labute approximate surface area is 154 Å². The lowest BCUT2D eigenvalue weighted by atomic mass is 10.0. The minimum absolute atomic E-state index is 0.191. The molecule has 5 nitrogen and oxygen atoms in total. The first-order valence-corrected chi connectivity index (χ1v) is 8.50. The summed E-state index contributed by atoms with van der Waals surface area (Å²) >= 11 is 6.16. The molecule has 1 unspecified atom stereocenters. The van der Waals surface area contributed by atoms with Gasteiger partial charge in [-0.05, 0) is 42.0 Å².